The van der Waals surface area contributed by atoms with Crippen molar-refractivity contribution in [1.82, 2.24) is 0 Å². The van der Waals surface area contributed by atoms with Gasteiger partial charge in [-0.05, 0) is 186 Å². The van der Waals surface area contributed by atoms with Gasteiger partial charge in [0.25, 0.3) is 0 Å². The van der Waals surface area contributed by atoms with E-state index in [9.17, 15) is 0 Å². The van der Waals surface area contributed by atoms with Crippen LogP contribution in [0.5, 0.6) is 11.5 Å². The summed E-state index contributed by atoms with van der Waals surface area (Å²) in [4.78, 5) is 4.69. The number of ether oxygens (including phenoxy) is 2. The number of rotatable bonds is 14. The molecule has 398 valence electrons. The van der Waals surface area contributed by atoms with Crippen molar-refractivity contribution < 1.29 is 9.47 Å². The van der Waals surface area contributed by atoms with Crippen LogP contribution in [0.25, 0.3) is 68.8 Å². The molecule has 0 heterocycles. The van der Waals surface area contributed by atoms with E-state index in [1.807, 2.05) is 24.3 Å². The van der Waals surface area contributed by atoms with Crippen LogP contribution < -0.4 is 19.3 Å². The van der Waals surface area contributed by atoms with Crippen molar-refractivity contribution >= 4 is 58.4 Å². The molecule has 0 saturated heterocycles. The molecular weight excluding hydrogens is 997 g/mol. The summed E-state index contributed by atoms with van der Waals surface area (Å²) in [5.41, 5.74) is 26.1. The second-order valence-electron chi connectivity index (χ2n) is 22.5. The summed E-state index contributed by atoms with van der Waals surface area (Å²) in [5.74, 6) is 1.66. The number of anilines is 6. The maximum absolute atomic E-state index is 5.56. The molecule has 13 rings (SSSR count). The standard InChI is InChI=1S/C78H64N2O2/c1-77(2)73-49-55(25-45-69(73)71-47-39-65(51-75(71)77)79(63-35-41-67(81-5)42-36-63)61-31-27-59(28-32-61)57-13-9-7-10-14-57)23-21-53-17-19-54(20-18-53)22-24-56-26-46-70-72-48-40-66(52-76(72)78(3,4)74(70)50-56)80(64-37-43-68(82-6)44-38-64)62-33-29-60(30-34-62)58-15-11-8-12-16-58/h7-52H,1-6H3/b23-21+,24-22+. The minimum atomic E-state index is -0.208. The van der Waals surface area contributed by atoms with Crippen molar-refractivity contribution in [2.45, 2.75) is 38.5 Å². The monoisotopic (exact) mass is 1060 g/mol. The van der Waals surface area contributed by atoms with Crippen LogP contribution in [0, 0.1) is 0 Å². The fourth-order valence-electron chi connectivity index (χ4n) is 12.3. The molecule has 0 radical (unpaired) electrons. The van der Waals surface area contributed by atoms with Crippen molar-refractivity contribution in [3.8, 4) is 56.0 Å². The number of hydrogen-bond donors (Lipinski definition) is 0. The molecule has 0 aliphatic heterocycles. The molecule has 2 aliphatic carbocycles. The van der Waals surface area contributed by atoms with Crippen molar-refractivity contribution in [2.24, 2.45) is 0 Å². The molecule has 4 nitrogen and oxygen atoms in total. The highest BCUT2D eigenvalue weighted by molar-refractivity contribution is 5.89. The van der Waals surface area contributed by atoms with Crippen LogP contribution in [0.15, 0.2) is 255 Å². The van der Waals surface area contributed by atoms with Crippen molar-refractivity contribution in [3.05, 3.63) is 299 Å². The van der Waals surface area contributed by atoms with Gasteiger partial charge in [0.15, 0.2) is 0 Å². The summed E-state index contributed by atoms with van der Waals surface area (Å²) >= 11 is 0. The predicted molar refractivity (Wildman–Crippen MR) is 346 cm³/mol. The van der Waals surface area contributed by atoms with E-state index in [1.54, 1.807) is 14.2 Å². The lowest BCUT2D eigenvalue weighted by atomic mass is 9.81. The molecule has 0 unspecified atom stereocenters. The van der Waals surface area contributed by atoms with Crippen LogP contribution in [0.2, 0.25) is 0 Å². The Hall–Kier alpha value is -9.90. The van der Waals surface area contributed by atoms with Gasteiger partial charge in [-0.15, -0.1) is 0 Å². The Kier molecular flexibility index (Phi) is 13.4. The van der Waals surface area contributed by atoms with Gasteiger partial charge in [0, 0.05) is 45.0 Å². The first kappa shape index (κ1) is 51.5. The maximum Gasteiger partial charge on any atom is 0.119 e. The van der Waals surface area contributed by atoms with Crippen LogP contribution in [0.4, 0.5) is 34.1 Å². The number of nitrogens with zero attached hydrogens (tertiary/aromatic N) is 2. The van der Waals surface area contributed by atoms with E-state index in [0.29, 0.717) is 0 Å². The molecule has 4 heteroatoms. The number of fused-ring (bicyclic) bond motifs is 6. The van der Waals surface area contributed by atoms with E-state index in [1.165, 1.54) is 77.9 Å². The lowest BCUT2D eigenvalue weighted by Crippen LogP contribution is -2.16. The Balaban J connectivity index is 0.710. The zero-order valence-corrected chi connectivity index (χ0v) is 47.3. The smallest absolute Gasteiger partial charge is 0.119 e. The van der Waals surface area contributed by atoms with E-state index in [0.717, 1.165) is 56.8 Å². The third kappa shape index (κ3) is 9.66. The minimum Gasteiger partial charge on any atom is -0.497 e. The molecule has 0 aromatic heterocycles. The first-order valence-electron chi connectivity index (χ1n) is 28.3. The van der Waals surface area contributed by atoms with Gasteiger partial charge in [-0.2, -0.15) is 0 Å². The van der Waals surface area contributed by atoms with Gasteiger partial charge in [0.1, 0.15) is 11.5 Å². The summed E-state index contributed by atoms with van der Waals surface area (Å²) in [5, 5.41) is 0. The first-order chi connectivity index (χ1) is 40.0. The highest BCUT2D eigenvalue weighted by Crippen LogP contribution is 2.53. The average Bonchev–Trinajstić information content (AvgIpc) is 3.95. The minimum absolute atomic E-state index is 0.208. The second-order valence-corrected chi connectivity index (χ2v) is 22.5. The van der Waals surface area contributed by atoms with E-state index >= 15 is 0 Å². The summed E-state index contributed by atoms with van der Waals surface area (Å²) in [6, 6.07) is 92.2. The zero-order valence-electron chi connectivity index (χ0n) is 47.3. The molecule has 0 saturated carbocycles. The largest absolute Gasteiger partial charge is 0.497 e. The molecule has 82 heavy (non-hydrogen) atoms. The summed E-state index contributed by atoms with van der Waals surface area (Å²) in [6.45, 7) is 9.44. The van der Waals surface area contributed by atoms with Crippen molar-refractivity contribution in [1.29, 1.82) is 0 Å². The van der Waals surface area contributed by atoms with E-state index in [2.05, 4.69) is 292 Å². The lowest BCUT2D eigenvalue weighted by molar-refractivity contribution is 0.414. The highest BCUT2D eigenvalue weighted by atomic mass is 16.5. The molecule has 0 amide bonds. The van der Waals surface area contributed by atoms with Crippen molar-refractivity contribution in [2.75, 3.05) is 24.0 Å². The molecule has 0 fully saturated rings. The quantitative estimate of drug-likeness (QED) is 0.101. The number of methoxy groups -OCH3 is 2. The van der Waals surface area contributed by atoms with Gasteiger partial charge in [0.05, 0.1) is 14.2 Å². The summed E-state index contributed by atoms with van der Waals surface area (Å²) in [7, 11) is 3.42. The third-order valence-corrected chi connectivity index (χ3v) is 16.9. The SMILES string of the molecule is COc1ccc(N(c2ccc(-c3ccccc3)cc2)c2ccc3c(c2)C(C)(C)c2cc(/C=C/c4ccc(/C=C/c5ccc6c(c5)C(C)(C)c5cc(N(c7ccc(OC)cc7)c7ccc(-c8ccccc8)cc7)ccc5-6)cc4)ccc2-3)cc1. The topological polar surface area (TPSA) is 24.9 Å². The zero-order chi connectivity index (χ0) is 56.0. The second kappa shape index (κ2) is 21.3. The van der Waals surface area contributed by atoms with E-state index in [-0.39, 0.29) is 10.8 Å². The fraction of sp³-hybridized carbons (Fsp3) is 0.103. The van der Waals surface area contributed by atoms with Gasteiger partial charge >= 0.3 is 0 Å². The van der Waals surface area contributed by atoms with Gasteiger partial charge in [-0.3, -0.25) is 0 Å². The summed E-state index contributed by atoms with van der Waals surface area (Å²) < 4.78 is 11.1. The van der Waals surface area contributed by atoms with Gasteiger partial charge in [0.2, 0.25) is 0 Å². The van der Waals surface area contributed by atoms with Crippen LogP contribution >= 0.6 is 0 Å². The van der Waals surface area contributed by atoms with Crippen LogP contribution in [0.3, 0.4) is 0 Å². The van der Waals surface area contributed by atoms with Gasteiger partial charge in [-0.1, -0.05) is 210 Å². The first-order valence-corrected chi connectivity index (χ1v) is 28.3. The lowest BCUT2D eigenvalue weighted by Gasteiger charge is -2.28. The molecule has 0 spiro atoms. The third-order valence-electron chi connectivity index (χ3n) is 16.9. The number of benzene rings is 11. The molecule has 11 aromatic rings. The Morgan fingerprint density at radius 2 is 0.537 bits per heavy atom. The molecule has 0 atom stereocenters. The Morgan fingerprint density at radius 3 is 0.878 bits per heavy atom. The average molecular weight is 1060 g/mol. The van der Waals surface area contributed by atoms with E-state index < -0.39 is 0 Å². The number of hydrogen-bond acceptors (Lipinski definition) is 4. The molecule has 2 aliphatic rings. The Labute approximate surface area is 483 Å². The highest BCUT2D eigenvalue weighted by Gasteiger charge is 2.38. The normalized spacial score (nSPS) is 13.3. The molecular formula is C78H64N2O2. The fourth-order valence-corrected chi connectivity index (χ4v) is 12.3. The molecule has 11 aromatic carbocycles. The van der Waals surface area contributed by atoms with Crippen LogP contribution in [-0.4, -0.2) is 14.2 Å². The Morgan fingerprint density at radius 1 is 0.268 bits per heavy atom. The Bertz CT molecular complexity index is 3900. The predicted octanol–water partition coefficient (Wildman–Crippen LogP) is 20.9. The molecule has 0 bridgehead atoms. The molecule has 0 N–H and O–H groups in total. The van der Waals surface area contributed by atoms with Crippen molar-refractivity contribution in [3.63, 3.8) is 0 Å². The van der Waals surface area contributed by atoms with Gasteiger partial charge < -0.3 is 19.3 Å². The van der Waals surface area contributed by atoms with Gasteiger partial charge in [-0.25, -0.2) is 0 Å². The van der Waals surface area contributed by atoms with Crippen LogP contribution in [0.1, 0.15) is 72.2 Å². The van der Waals surface area contributed by atoms with Crippen LogP contribution in [-0.2, 0) is 10.8 Å². The maximum atomic E-state index is 5.56. The van der Waals surface area contributed by atoms with E-state index in [4.69, 9.17) is 9.47 Å². The summed E-state index contributed by atoms with van der Waals surface area (Å²) in [6.07, 6.45) is 8.93.